The molecule has 108 valence electrons. The number of methoxy groups -OCH3 is 1. The third-order valence-corrected chi connectivity index (χ3v) is 3.84. The Balaban J connectivity index is 1.91. The first kappa shape index (κ1) is 14.9. The highest BCUT2D eigenvalue weighted by Gasteiger charge is 2.09. The van der Waals surface area contributed by atoms with Gasteiger partial charge >= 0.3 is 0 Å². The van der Waals surface area contributed by atoms with Crippen LogP contribution in [-0.2, 0) is 11.2 Å². The molecule has 5 heteroatoms. The standard InChI is InChI=1S/C15H21N3OS/c1-3-12-5-7-13(8-6-12)14-11-20-15(18-17-14)16-9-4-10-19-2/h5-8,11,17H,3-4,9-10H2,1-2H3,(H,16,18). The maximum Gasteiger partial charge on any atom is 0.179 e. The van der Waals surface area contributed by atoms with E-state index in [4.69, 9.17) is 4.74 Å². The van der Waals surface area contributed by atoms with Crippen molar-refractivity contribution >= 4 is 22.6 Å². The Morgan fingerprint density at radius 3 is 2.60 bits per heavy atom. The van der Waals surface area contributed by atoms with Crippen molar-refractivity contribution in [2.24, 2.45) is 4.99 Å². The average Bonchev–Trinajstić information content (AvgIpc) is 2.52. The van der Waals surface area contributed by atoms with Crippen LogP contribution in [0.4, 0.5) is 0 Å². The monoisotopic (exact) mass is 291 g/mol. The van der Waals surface area contributed by atoms with Crippen LogP contribution >= 0.6 is 11.8 Å². The average molecular weight is 291 g/mol. The van der Waals surface area contributed by atoms with E-state index in [1.165, 1.54) is 11.1 Å². The molecule has 4 nitrogen and oxygen atoms in total. The van der Waals surface area contributed by atoms with E-state index < -0.39 is 0 Å². The molecule has 0 fully saturated rings. The summed E-state index contributed by atoms with van der Waals surface area (Å²) in [5.74, 6) is 0. The molecule has 1 heterocycles. The topological polar surface area (TPSA) is 45.6 Å². The van der Waals surface area contributed by atoms with Gasteiger partial charge in [-0.25, -0.2) is 0 Å². The minimum atomic E-state index is 0.750. The fourth-order valence-electron chi connectivity index (χ4n) is 1.82. The minimum absolute atomic E-state index is 0.750. The molecule has 1 aromatic carbocycles. The van der Waals surface area contributed by atoms with Crippen LogP contribution in [0.2, 0.25) is 0 Å². The smallest absolute Gasteiger partial charge is 0.179 e. The number of ether oxygens (including phenoxy) is 1. The first-order valence-corrected chi connectivity index (χ1v) is 7.73. The Bertz CT molecular complexity index is 482. The fraction of sp³-hybridized carbons (Fsp3) is 0.400. The molecule has 0 spiro atoms. The van der Waals surface area contributed by atoms with E-state index in [1.54, 1.807) is 18.9 Å². The Labute approximate surface area is 124 Å². The third kappa shape index (κ3) is 4.28. The molecule has 0 saturated heterocycles. The van der Waals surface area contributed by atoms with Crippen LogP contribution in [-0.4, -0.2) is 25.4 Å². The van der Waals surface area contributed by atoms with E-state index >= 15 is 0 Å². The minimum Gasteiger partial charge on any atom is -0.385 e. The van der Waals surface area contributed by atoms with Crippen molar-refractivity contribution in [2.75, 3.05) is 20.3 Å². The predicted molar refractivity (Wildman–Crippen MR) is 86.5 cm³/mol. The van der Waals surface area contributed by atoms with Crippen molar-refractivity contribution in [3.05, 3.63) is 40.8 Å². The lowest BCUT2D eigenvalue weighted by Crippen LogP contribution is -2.37. The normalized spacial score (nSPS) is 16.5. The number of aryl methyl sites for hydroxylation is 1. The Hall–Kier alpha value is -1.46. The molecular weight excluding hydrogens is 270 g/mol. The van der Waals surface area contributed by atoms with Gasteiger partial charge in [-0.15, -0.1) is 0 Å². The first-order chi connectivity index (χ1) is 9.83. The van der Waals surface area contributed by atoms with Crippen LogP contribution in [0.3, 0.4) is 0 Å². The van der Waals surface area contributed by atoms with Gasteiger partial charge in [-0.1, -0.05) is 43.0 Å². The number of rotatable bonds is 6. The van der Waals surface area contributed by atoms with Gasteiger partial charge in [0.2, 0.25) is 0 Å². The van der Waals surface area contributed by atoms with Crippen molar-refractivity contribution in [1.29, 1.82) is 0 Å². The molecular formula is C15H21N3OS. The molecule has 1 aliphatic rings. The molecule has 1 aliphatic heterocycles. The Morgan fingerprint density at radius 2 is 2.00 bits per heavy atom. The highest BCUT2D eigenvalue weighted by Crippen LogP contribution is 2.20. The van der Waals surface area contributed by atoms with Gasteiger partial charge < -0.3 is 4.74 Å². The zero-order valence-corrected chi connectivity index (χ0v) is 12.8. The van der Waals surface area contributed by atoms with Crippen LogP contribution in [0.15, 0.2) is 34.7 Å². The molecule has 2 N–H and O–H groups in total. The number of hydrogen-bond acceptors (Lipinski definition) is 4. The molecule has 20 heavy (non-hydrogen) atoms. The molecule has 0 amide bonds. The summed E-state index contributed by atoms with van der Waals surface area (Å²) in [6.45, 7) is 3.69. The molecule has 1 aromatic rings. The lowest BCUT2D eigenvalue weighted by molar-refractivity contribution is 0.197. The quantitative estimate of drug-likeness (QED) is 0.791. The summed E-state index contributed by atoms with van der Waals surface area (Å²) in [7, 11) is 1.71. The summed E-state index contributed by atoms with van der Waals surface area (Å²) in [5.41, 5.74) is 9.93. The third-order valence-electron chi connectivity index (χ3n) is 3.03. The summed E-state index contributed by atoms with van der Waals surface area (Å²) in [6.07, 6.45) is 2.01. The number of hydrogen-bond donors (Lipinski definition) is 2. The first-order valence-electron chi connectivity index (χ1n) is 6.85. The van der Waals surface area contributed by atoms with E-state index in [2.05, 4.69) is 52.4 Å². The molecule has 0 aliphatic carbocycles. The number of aliphatic imine (C=N–C) groups is 1. The second-order valence-corrected chi connectivity index (χ2v) is 5.34. The van der Waals surface area contributed by atoms with Gasteiger partial charge in [0.25, 0.3) is 0 Å². The van der Waals surface area contributed by atoms with E-state index in [9.17, 15) is 0 Å². The summed E-state index contributed by atoms with van der Waals surface area (Å²) >= 11 is 1.61. The highest BCUT2D eigenvalue weighted by atomic mass is 32.2. The van der Waals surface area contributed by atoms with E-state index in [-0.39, 0.29) is 0 Å². The number of thioether (sulfide) groups is 1. The van der Waals surface area contributed by atoms with Crippen molar-refractivity contribution < 1.29 is 4.74 Å². The Kier molecular flexibility index (Phi) is 5.95. The molecule has 0 aromatic heterocycles. The van der Waals surface area contributed by atoms with Crippen LogP contribution < -0.4 is 10.9 Å². The van der Waals surface area contributed by atoms with Gasteiger partial charge in [-0.05, 0) is 24.0 Å². The SMILES string of the molecule is CCc1ccc(C2=CSC(=NCCCOC)NN2)cc1. The number of amidine groups is 1. The summed E-state index contributed by atoms with van der Waals surface area (Å²) < 4.78 is 5.00. The summed E-state index contributed by atoms with van der Waals surface area (Å²) in [6, 6.07) is 8.61. The highest BCUT2D eigenvalue weighted by molar-refractivity contribution is 8.16. The van der Waals surface area contributed by atoms with Gasteiger partial charge in [0.15, 0.2) is 5.17 Å². The van der Waals surface area contributed by atoms with Crippen LogP contribution in [0.1, 0.15) is 24.5 Å². The zero-order chi connectivity index (χ0) is 14.2. The van der Waals surface area contributed by atoms with Gasteiger partial charge in [0.1, 0.15) is 0 Å². The molecule has 0 atom stereocenters. The number of nitrogens with one attached hydrogen (secondary N) is 2. The van der Waals surface area contributed by atoms with Gasteiger partial charge in [0, 0.05) is 25.7 Å². The summed E-state index contributed by atoms with van der Waals surface area (Å²) in [5, 5.41) is 2.99. The Morgan fingerprint density at radius 1 is 1.20 bits per heavy atom. The molecule has 0 saturated carbocycles. The van der Waals surface area contributed by atoms with Crippen LogP contribution in [0.5, 0.6) is 0 Å². The van der Waals surface area contributed by atoms with Crippen molar-refractivity contribution in [1.82, 2.24) is 10.9 Å². The largest absolute Gasteiger partial charge is 0.385 e. The second-order valence-electron chi connectivity index (χ2n) is 4.48. The number of hydrazine groups is 1. The molecule has 0 bridgehead atoms. The number of benzene rings is 1. The maximum atomic E-state index is 5.00. The predicted octanol–water partition coefficient (Wildman–Crippen LogP) is 2.78. The lowest BCUT2D eigenvalue weighted by Gasteiger charge is -2.19. The number of nitrogens with zero attached hydrogens (tertiary/aromatic N) is 1. The van der Waals surface area contributed by atoms with Crippen molar-refractivity contribution in [3.8, 4) is 0 Å². The summed E-state index contributed by atoms with van der Waals surface area (Å²) in [4.78, 5) is 4.46. The van der Waals surface area contributed by atoms with Crippen LogP contribution in [0.25, 0.3) is 5.70 Å². The van der Waals surface area contributed by atoms with Crippen molar-refractivity contribution in [3.63, 3.8) is 0 Å². The van der Waals surface area contributed by atoms with Crippen LogP contribution in [0, 0.1) is 0 Å². The zero-order valence-electron chi connectivity index (χ0n) is 12.0. The van der Waals surface area contributed by atoms with E-state index in [0.717, 1.165) is 36.9 Å². The van der Waals surface area contributed by atoms with Crippen molar-refractivity contribution in [2.45, 2.75) is 19.8 Å². The van der Waals surface area contributed by atoms with Gasteiger partial charge in [-0.3, -0.25) is 15.8 Å². The second kappa shape index (κ2) is 7.97. The van der Waals surface area contributed by atoms with E-state index in [1.807, 2.05) is 0 Å². The van der Waals surface area contributed by atoms with Gasteiger partial charge in [-0.2, -0.15) is 0 Å². The van der Waals surface area contributed by atoms with Gasteiger partial charge in [0.05, 0.1) is 5.70 Å². The lowest BCUT2D eigenvalue weighted by atomic mass is 10.1. The molecule has 2 rings (SSSR count). The maximum absolute atomic E-state index is 5.00. The molecule has 0 radical (unpaired) electrons. The fourth-order valence-corrected chi connectivity index (χ4v) is 2.52. The molecule has 0 unspecified atom stereocenters. The van der Waals surface area contributed by atoms with E-state index in [0.29, 0.717) is 0 Å².